The summed E-state index contributed by atoms with van der Waals surface area (Å²) < 4.78 is 0. The third kappa shape index (κ3) is 6.21. The summed E-state index contributed by atoms with van der Waals surface area (Å²) in [7, 11) is 0. The van der Waals surface area contributed by atoms with Crippen LogP contribution in [0.1, 0.15) is 44.0 Å². The van der Waals surface area contributed by atoms with Crippen LogP contribution in [0.25, 0.3) is 0 Å². The molecule has 0 spiro atoms. The fraction of sp³-hybridized carbons (Fsp3) is 0.500. The van der Waals surface area contributed by atoms with Gasteiger partial charge in [-0.05, 0) is 30.2 Å². The summed E-state index contributed by atoms with van der Waals surface area (Å²) in [6.45, 7) is 6.09. The van der Waals surface area contributed by atoms with Gasteiger partial charge in [-0.15, -0.1) is 11.8 Å². The molecule has 1 aromatic rings. The number of nitrogens with one attached hydrogen (secondary N) is 1. The lowest BCUT2D eigenvalue weighted by atomic mass is 9.87. The smallest absolute Gasteiger partial charge is 0.305 e. The molecule has 0 saturated heterocycles. The molecule has 0 aliphatic heterocycles. The van der Waals surface area contributed by atoms with E-state index in [1.807, 2.05) is 45.2 Å². The van der Waals surface area contributed by atoms with Gasteiger partial charge < -0.3 is 10.4 Å². The predicted molar refractivity (Wildman–Crippen MR) is 85.8 cm³/mol. The highest BCUT2D eigenvalue weighted by molar-refractivity contribution is 7.98. The number of carbonyl (C=O) groups excluding carboxylic acids is 1. The lowest BCUT2D eigenvalue weighted by Gasteiger charge is -2.26. The summed E-state index contributed by atoms with van der Waals surface area (Å²) in [5.41, 5.74) is 0.543. The first-order valence-corrected chi connectivity index (χ1v) is 8.11. The van der Waals surface area contributed by atoms with Crippen LogP contribution in [0, 0.1) is 5.41 Å². The highest BCUT2D eigenvalue weighted by atomic mass is 32.2. The van der Waals surface area contributed by atoms with Gasteiger partial charge in [-0.25, -0.2) is 0 Å². The van der Waals surface area contributed by atoms with Crippen molar-refractivity contribution in [3.63, 3.8) is 0 Å². The van der Waals surface area contributed by atoms with E-state index in [9.17, 15) is 9.59 Å². The number of thioether (sulfide) groups is 1. The molecule has 0 heterocycles. The molecular weight excluding hydrogens is 286 g/mol. The number of hydrogen-bond donors (Lipinski definition) is 2. The number of hydrogen-bond acceptors (Lipinski definition) is 3. The normalized spacial score (nSPS) is 12.8. The fourth-order valence-corrected chi connectivity index (χ4v) is 2.81. The fourth-order valence-electron chi connectivity index (χ4n) is 2.22. The lowest BCUT2D eigenvalue weighted by Crippen LogP contribution is -2.39. The van der Waals surface area contributed by atoms with Crippen molar-refractivity contribution in [3.8, 4) is 0 Å². The maximum Gasteiger partial charge on any atom is 0.305 e. The Kier molecular flexibility index (Phi) is 6.27. The van der Waals surface area contributed by atoms with Gasteiger partial charge in [0.2, 0.25) is 0 Å². The summed E-state index contributed by atoms with van der Waals surface area (Å²) in [5.74, 6) is -1.11. The van der Waals surface area contributed by atoms with E-state index in [0.717, 1.165) is 4.90 Å². The van der Waals surface area contributed by atoms with E-state index in [-0.39, 0.29) is 23.8 Å². The average molecular weight is 309 g/mol. The average Bonchev–Trinajstić information content (AvgIpc) is 2.35. The number of carboxylic acids is 1. The monoisotopic (exact) mass is 309 g/mol. The Morgan fingerprint density at radius 1 is 1.29 bits per heavy atom. The van der Waals surface area contributed by atoms with Crippen LogP contribution in [-0.4, -0.2) is 29.3 Å². The highest BCUT2D eigenvalue weighted by Gasteiger charge is 2.23. The van der Waals surface area contributed by atoms with Gasteiger partial charge in [0.25, 0.3) is 5.91 Å². The van der Waals surface area contributed by atoms with Crippen molar-refractivity contribution in [3.05, 3.63) is 29.8 Å². The summed E-state index contributed by atoms with van der Waals surface area (Å²) in [6.07, 6.45) is 2.47. The molecule has 0 aromatic heterocycles. The van der Waals surface area contributed by atoms with Crippen molar-refractivity contribution in [2.24, 2.45) is 5.41 Å². The van der Waals surface area contributed by atoms with E-state index in [4.69, 9.17) is 5.11 Å². The van der Waals surface area contributed by atoms with Crippen LogP contribution >= 0.6 is 11.8 Å². The van der Waals surface area contributed by atoms with E-state index in [0.29, 0.717) is 12.0 Å². The molecule has 0 radical (unpaired) electrons. The molecule has 21 heavy (non-hydrogen) atoms. The number of rotatable bonds is 6. The molecular formula is C16H23NO3S. The number of aliphatic carboxylic acids is 1. The first-order chi connectivity index (χ1) is 9.73. The van der Waals surface area contributed by atoms with Crippen LogP contribution in [0.3, 0.4) is 0 Å². The molecule has 1 rings (SSSR count). The van der Waals surface area contributed by atoms with Crippen molar-refractivity contribution < 1.29 is 14.7 Å². The molecule has 1 atom stereocenters. The van der Waals surface area contributed by atoms with Crippen LogP contribution in [0.4, 0.5) is 0 Å². The van der Waals surface area contributed by atoms with Crippen molar-refractivity contribution >= 4 is 23.6 Å². The maximum atomic E-state index is 12.4. The second kappa shape index (κ2) is 7.50. The predicted octanol–water partition coefficient (Wildman–Crippen LogP) is 3.42. The Labute approximate surface area is 130 Å². The van der Waals surface area contributed by atoms with Gasteiger partial charge in [0.1, 0.15) is 0 Å². The maximum absolute atomic E-state index is 12.4. The van der Waals surface area contributed by atoms with Gasteiger partial charge in [0.05, 0.1) is 12.0 Å². The molecule has 5 heteroatoms. The molecule has 1 unspecified atom stereocenters. The molecule has 116 valence electrons. The van der Waals surface area contributed by atoms with Gasteiger partial charge in [0.15, 0.2) is 0 Å². The third-order valence-corrected chi connectivity index (χ3v) is 3.76. The minimum absolute atomic E-state index is 0.0492. The minimum Gasteiger partial charge on any atom is -0.481 e. The summed E-state index contributed by atoms with van der Waals surface area (Å²) >= 11 is 1.50. The Bertz CT molecular complexity index is 508. The minimum atomic E-state index is -0.900. The zero-order valence-electron chi connectivity index (χ0n) is 13.0. The molecule has 0 aliphatic carbocycles. The zero-order chi connectivity index (χ0) is 16.0. The van der Waals surface area contributed by atoms with Crippen molar-refractivity contribution in [2.75, 3.05) is 6.26 Å². The third-order valence-electron chi connectivity index (χ3n) is 2.97. The largest absolute Gasteiger partial charge is 0.481 e. The van der Waals surface area contributed by atoms with E-state index in [2.05, 4.69) is 5.32 Å². The van der Waals surface area contributed by atoms with Gasteiger partial charge in [0, 0.05) is 10.9 Å². The number of carbonyl (C=O) groups is 2. The van der Waals surface area contributed by atoms with Gasteiger partial charge >= 0.3 is 5.97 Å². The molecule has 0 saturated carbocycles. The van der Waals surface area contributed by atoms with Gasteiger partial charge in [-0.3, -0.25) is 9.59 Å². The molecule has 1 amide bonds. The van der Waals surface area contributed by atoms with Crippen molar-refractivity contribution in [1.82, 2.24) is 5.32 Å². The van der Waals surface area contributed by atoms with Crippen LogP contribution in [0.15, 0.2) is 29.2 Å². The second-order valence-corrected chi connectivity index (χ2v) is 7.08. The van der Waals surface area contributed by atoms with E-state index < -0.39 is 5.97 Å². The van der Waals surface area contributed by atoms with Crippen LogP contribution in [0.5, 0.6) is 0 Å². The molecule has 0 bridgehead atoms. The Balaban J connectivity index is 2.86. The van der Waals surface area contributed by atoms with Crippen LogP contribution < -0.4 is 5.32 Å². The second-order valence-electron chi connectivity index (χ2n) is 6.23. The molecule has 2 N–H and O–H groups in total. The van der Waals surface area contributed by atoms with Crippen LogP contribution in [0.2, 0.25) is 0 Å². The molecule has 1 aromatic carbocycles. The first-order valence-electron chi connectivity index (χ1n) is 6.88. The van der Waals surface area contributed by atoms with Crippen molar-refractivity contribution in [2.45, 2.75) is 44.6 Å². The number of amides is 1. The zero-order valence-corrected chi connectivity index (χ0v) is 13.8. The first kappa shape index (κ1) is 17.6. The van der Waals surface area contributed by atoms with Crippen molar-refractivity contribution in [1.29, 1.82) is 0 Å². The quantitative estimate of drug-likeness (QED) is 0.790. The molecule has 0 fully saturated rings. The summed E-state index contributed by atoms with van der Waals surface area (Å²) in [4.78, 5) is 24.3. The number of benzene rings is 1. The summed E-state index contributed by atoms with van der Waals surface area (Å²) in [6, 6.07) is 6.97. The standard InChI is InChI=1S/C16H23NO3S/c1-16(2,3)10-11(9-14(18)19)17-15(20)12-7-5-6-8-13(12)21-4/h5-8,11H,9-10H2,1-4H3,(H,17,20)(H,18,19). The van der Waals surface area contributed by atoms with E-state index in [1.165, 1.54) is 11.8 Å². The topological polar surface area (TPSA) is 66.4 Å². The Morgan fingerprint density at radius 2 is 1.90 bits per heavy atom. The molecule has 0 aliphatic rings. The molecule has 4 nitrogen and oxygen atoms in total. The number of carboxylic acid groups (broad SMARTS) is 1. The SMILES string of the molecule is CSc1ccccc1C(=O)NC(CC(=O)O)CC(C)(C)C. The van der Waals surface area contributed by atoms with E-state index >= 15 is 0 Å². The van der Waals surface area contributed by atoms with Gasteiger partial charge in [-0.1, -0.05) is 32.9 Å². The lowest BCUT2D eigenvalue weighted by molar-refractivity contribution is -0.137. The van der Waals surface area contributed by atoms with E-state index in [1.54, 1.807) is 6.07 Å². The van der Waals surface area contributed by atoms with Crippen LogP contribution in [-0.2, 0) is 4.79 Å². The van der Waals surface area contributed by atoms with Gasteiger partial charge in [-0.2, -0.15) is 0 Å². The summed E-state index contributed by atoms with van der Waals surface area (Å²) in [5, 5.41) is 11.9. The highest BCUT2D eigenvalue weighted by Crippen LogP contribution is 2.24. The Morgan fingerprint density at radius 3 is 2.43 bits per heavy atom. The Hall–Kier alpha value is -1.49.